The minimum Gasteiger partial charge on any atom is -0.426 e. The Balaban J connectivity index is 1.55. The number of nitrogens with one attached hydrogen (secondary N) is 1. The molecule has 0 aromatic heterocycles. The van der Waals surface area contributed by atoms with Crippen LogP contribution in [0.1, 0.15) is 34.8 Å². The molecule has 0 atom stereocenters. The average Bonchev–Trinajstić information content (AvgIpc) is 2.76. The first kappa shape index (κ1) is 20.3. The van der Waals surface area contributed by atoms with Gasteiger partial charge in [0.1, 0.15) is 5.75 Å². The Hall–Kier alpha value is -3.93. The number of aryl methyl sites for hydroxylation is 1. The van der Waals surface area contributed by atoms with Crippen LogP contribution in [0.5, 0.6) is 5.75 Å². The molecule has 2 amide bonds. The van der Waals surface area contributed by atoms with Crippen LogP contribution in [0.4, 0.5) is 11.4 Å². The van der Waals surface area contributed by atoms with E-state index in [0.29, 0.717) is 25.1 Å². The van der Waals surface area contributed by atoms with Crippen LogP contribution >= 0.6 is 0 Å². The molecule has 1 N–H and O–H groups in total. The van der Waals surface area contributed by atoms with E-state index < -0.39 is 5.97 Å². The van der Waals surface area contributed by atoms with Crippen molar-refractivity contribution in [1.82, 2.24) is 0 Å². The highest BCUT2D eigenvalue weighted by Gasteiger charge is 2.25. The molecule has 0 saturated carbocycles. The fourth-order valence-corrected chi connectivity index (χ4v) is 3.67. The van der Waals surface area contributed by atoms with Gasteiger partial charge in [-0.05, 0) is 47.9 Å². The summed E-state index contributed by atoms with van der Waals surface area (Å²) in [5.74, 6) is -0.560. The van der Waals surface area contributed by atoms with E-state index >= 15 is 0 Å². The molecule has 0 radical (unpaired) electrons. The van der Waals surface area contributed by atoms with Crippen molar-refractivity contribution < 1.29 is 19.1 Å². The maximum Gasteiger partial charge on any atom is 0.308 e. The minimum absolute atomic E-state index is 0.0865. The van der Waals surface area contributed by atoms with Crippen LogP contribution in [0.25, 0.3) is 0 Å². The van der Waals surface area contributed by atoms with E-state index in [9.17, 15) is 14.4 Å². The van der Waals surface area contributed by atoms with E-state index in [1.165, 1.54) is 6.92 Å². The molecular formula is C25H22N2O4. The van der Waals surface area contributed by atoms with Gasteiger partial charge in [0.2, 0.25) is 5.91 Å². The number of hydrogen-bond acceptors (Lipinski definition) is 4. The Morgan fingerprint density at radius 1 is 0.968 bits per heavy atom. The Bertz CT molecular complexity index is 1140. The number of fused-ring (bicyclic) bond motifs is 1. The zero-order chi connectivity index (χ0) is 21.8. The molecule has 0 spiro atoms. The number of rotatable bonds is 5. The maximum atomic E-state index is 12.8. The smallest absolute Gasteiger partial charge is 0.308 e. The van der Waals surface area contributed by atoms with Crippen molar-refractivity contribution >= 4 is 29.2 Å². The third-order valence-electron chi connectivity index (χ3n) is 5.11. The molecule has 31 heavy (non-hydrogen) atoms. The third kappa shape index (κ3) is 4.64. The number of anilines is 2. The lowest BCUT2D eigenvalue weighted by molar-refractivity contribution is -0.131. The van der Waals surface area contributed by atoms with E-state index in [2.05, 4.69) is 5.32 Å². The van der Waals surface area contributed by atoms with Gasteiger partial charge < -0.3 is 15.0 Å². The summed E-state index contributed by atoms with van der Waals surface area (Å²) in [6, 6.07) is 22.0. The molecule has 0 fully saturated rings. The number of nitrogens with zero attached hydrogens (tertiary/aromatic N) is 1. The summed E-state index contributed by atoms with van der Waals surface area (Å²) in [6.07, 6.45) is 1.04. The molecule has 0 unspecified atom stereocenters. The van der Waals surface area contributed by atoms with E-state index in [4.69, 9.17) is 4.74 Å². The van der Waals surface area contributed by atoms with Gasteiger partial charge >= 0.3 is 5.97 Å². The molecule has 0 aliphatic carbocycles. The largest absolute Gasteiger partial charge is 0.426 e. The van der Waals surface area contributed by atoms with Crippen LogP contribution in [-0.4, -0.2) is 17.8 Å². The Labute approximate surface area is 180 Å². The van der Waals surface area contributed by atoms with E-state index in [1.54, 1.807) is 35.2 Å². The lowest BCUT2D eigenvalue weighted by atomic mass is 9.99. The zero-order valence-electron chi connectivity index (χ0n) is 17.1. The Morgan fingerprint density at radius 3 is 2.48 bits per heavy atom. The number of carbonyl (C=O) groups is 3. The molecule has 4 rings (SSSR count). The van der Waals surface area contributed by atoms with Crippen LogP contribution in [0.15, 0.2) is 72.8 Å². The van der Waals surface area contributed by atoms with Gasteiger partial charge in [-0.1, -0.05) is 42.5 Å². The summed E-state index contributed by atoms with van der Waals surface area (Å²) in [7, 11) is 0. The quantitative estimate of drug-likeness (QED) is 0.498. The van der Waals surface area contributed by atoms with E-state index in [1.807, 2.05) is 42.5 Å². The fourth-order valence-electron chi connectivity index (χ4n) is 3.67. The predicted octanol–water partition coefficient (Wildman–Crippen LogP) is 4.34. The molecule has 1 aliphatic rings. The summed E-state index contributed by atoms with van der Waals surface area (Å²) in [4.78, 5) is 38.4. The number of esters is 1. The van der Waals surface area contributed by atoms with Gasteiger partial charge in [-0.15, -0.1) is 0 Å². The van der Waals surface area contributed by atoms with Gasteiger partial charge in [0.15, 0.2) is 0 Å². The Kier molecular flexibility index (Phi) is 5.80. The molecule has 0 saturated heterocycles. The number of carbonyl (C=O) groups excluding carboxylic acids is 3. The summed E-state index contributed by atoms with van der Waals surface area (Å²) in [5.41, 5.74) is 3.81. The third-order valence-corrected chi connectivity index (χ3v) is 5.11. The van der Waals surface area contributed by atoms with Gasteiger partial charge in [0.05, 0.1) is 12.1 Å². The molecule has 1 aliphatic heterocycles. The first-order valence-electron chi connectivity index (χ1n) is 10.1. The number of hydrogen-bond donors (Lipinski definition) is 1. The zero-order valence-corrected chi connectivity index (χ0v) is 17.1. The van der Waals surface area contributed by atoms with Crippen LogP contribution in [0.3, 0.4) is 0 Å². The maximum absolute atomic E-state index is 12.8. The summed E-state index contributed by atoms with van der Waals surface area (Å²) >= 11 is 0. The lowest BCUT2D eigenvalue weighted by Gasteiger charge is -2.30. The first-order chi connectivity index (χ1) is 15.0. The van der Waals surface area contributed by atoms with Gasteiger partial charge in [-0.3, -0.25) is 14.4 Å². The van der Waals surface area contributed by atoms with Crippen molar-refractivity contribution in [2.24, 2.45) is 0 Å². The highest BCUT2D eigenvalue weighted by Crippen LogP contribution is 2.32. The monoisotopic (exact) mass is 414 g/mol. The summed E-state index contributed by atoms with van der Waals surface area (Å²) < 4.78 is 5.13. The fraction of sp³-hybridized carbons (Fsp3) is 0.160. The summed E-state index contributed by atoms with van der Waals surface area (Å²) in [6.45, 7) is 1.80. The second kappa shape index (κ2) is 8.83. The minimum atomic E-state index is -0.489. The first-order valence-corrected chi connectivity index (χ1v) is 10.1. The topological polar surface area (TPSA) is 75.7 Å². The van der Waals surface area contributed by atoms with Gasteiger partial charge in [-0.2, -0.15) is 0 Å². The average molecular weight is 414 g/mol. The van der Waals surface area contributed by atoms with Crippen LogP contribution in [0, 0.1) is 0 Å². The number of para-hydroxylation sites is 1. The van der Waals surface area contributed by atoms with Crippen LogP contribution in [-0.2, 0) is 22.6 Å². The second-order valence-corrected chi connectivity index (χ2v) is 7.35. The molecule has 3 aromatic carbocycles. The number of amides is 2. The van der Waals surface area contributed by atoms with Crippen LogP contribution in [0.2, 0.25) is 0 Å². The van der Waals surface area contributed by atoms with Crippen molar-refractivity contribution in [3.05, 3.63) is 89.5 Å². The molecule has 6 nitrogen and oxygen atoms in total. The predicted molar refractivity (Wildman–Crippen MR) is 118 cm³/mol. The molecule has 6 heteroatoms. The molecule has 0 bridgehead atoms. The molecule has 3 aromatic rings. The van der Waals surface area contributed by atoms with Crippen molar-refractivity contribution in [1.29, 1.82) is 0 Å². The highest BCUT2D eigenvalue weighted by molar-refractivity contribution is 6.07. The van der Waals surface area contributed by atoms with Crippen LogP contribution < -0.4 is 15.0 Å². The second-order valence-electron chi connectivity index (χ2n) is 7.35. The van der Waals surface area contributed by atoms with Crippen molar-refractivity contribution in [2.75, 3.05) is 10.2 Å². The normalized spacial score (nSPS) is 12.8. The van der Waals surface area contributed by atoms with Gasteiger partial charge in [-0.25, -0.2) is 0 Å². The van der Waals surface area contributed by atoms with Gasteiger partial charge in [0.25, 0.3) is 5.91 Å². The number of ether oxygens (including phenoxy) is 1. The molecule has 1 heterocycles. The summed E-state index contributed by atoms with van der Waals surface area (Å²) in [5, 5.41) is 2.86. The van der Waals surface area contributed by atoms with Crippen molar-refractivity contribution in [2.45, 2.75) is 26.3 Å². The van der Waals surface area contributed by atoms with Crippen molar-refractivity contribution in [3.8, 4) is 5.75 Å². The van der Waals surface area contributed by atoms with E-state index in [-0.39, 0.29) is 23.1 Å². The van der Waals surface area contributed by atoms with Crippen molar-refractivity contribution in [3.63, 3.8) is 0 Å². The lowest BCUT2D eigenvalue weighted by Crippen LogP contribution is -2.34. The van der Waals surface area contributed by atoms with E-state index in [0.717, 1.165) is 16.8 Å². The molecule has 156 valence electrons. The highest BCUT2D eigenvalue weighted by atomic mass is 16.5. The molecular weight excluding hydrogens is 392 g/mol. The standard InChI is InChI=1S/C25H22N2O4/c1-17(28)31-23-10-6-5-9-21(23)25(30)26-20-12-13-22-19(15-20)11-14-24(29)27(22)16-18-7-3-2-4-8-18/h2-10,12-13,15H,11,14,16H2,1H3,(H,26,30). The SMILES string of the molecule is CC(=O)Oc1ccccc1C(=O)Nc1ccc2c(c1)CCC(=O)N2Cc1ccccc1. The number of benzene rings is 3. The van der Waals surface area contributed by atoms with Gasteiger partial charge in [0, 0.05) is 24.7 Å². The Morgan fingerprint density at radius 2 is 1.71 bits per heavy atom.